The van der Waals surface area contributed by atoms with Crippen LogP contribution < -0.4 is 10.6 Å². The van der Waals surface area contributed by atoms with Crippen LogP contribution in [-0.2, 0) is 4.79 Å². The maximum Gasteiger partial charge on any atom is 0.279 e. The van der Waals surface area contributed by atoms with Crippen molar-refractivity contribution in [3.05, 3.63) is 113 Å². The van der Waals surface area contributed by atoms with Crippen LogP contribution in [0.25, 0.3) is 5.69 Å². The van der Waals surface area contributed by atoms with E-state index in [0.717, 1.165) is 22.8 Å². The average Bonchev–Trinajstić information content (AvgIpc) is 3.10. The Kier molecular flexibility index (Phi) is 6.47. The lowest BCUT2D eigenvalue weighted by molar-refractivity contribution is -0.676. The van der Waals surface area contributed by atoms with E-state index in [2.05, 4.69) is 59.1 Å². The highest BCUT2D eigenvalue weighted by atomic mass is 16.1. The number of para-hydroxylation sites is 1. The van der Waals surface area contributed by atoms with Crippen molar-refractivity contribution < 1.29 is 10.1 Å². The molecule has 4 aromatic rings. The van der Waals surface area contributed by atoms with E-state index in [0.29, 0.717) is 6.54 Å². The lowest BCUT2D eigenvalue weighted by Gasteiger charge is -2.17. The summed E-state index contributed by atoms with van der Waals surface area (Å²) >= 11 is 0. The Morgan fingerprint density at radius 2 is 1.47 bits per heavy atom. The predicted molar refractivity (Wildman–Crippen MR) is 128 cm³/mol. The first kappa shape index (κ1) is 21.5. The van der Waals surface area contributed by atoms with Crippen molar-refractivity contribution in [3.63, 3.8) is 0 Å². The van der Waals surface area contributed by atoms with E-state index in [1.165, 1.54) is 16.7 Å². The molecule has 0 aliphatic heterocycles. The number of rotatable bonds is 7. The lowest BCUT2D eigenvalue weighted by Crippen LogP contribution is -2.87. The van der Waals surface area contributed by atoms with Gasteiger partial charge in [0.2, 0.25) is 0 Å². The number of carbonyl (C=O) groups excluding carboxylic acids is 1. The summed E-state index contributed by atoms with van der Waals surface area (Å²) in [5, 5.41) is 9.79. The Morgan fingerprint density at radius 1 is 0.875 bits per heavy atom. The summed E-state index contributed by atoms with van der Waals surface area (Å²) in [6.45, 7) is 6.29. The quantitative estimate of drug-likeness (QED) is 0.468. The van der Waals surface area contributed by atoms with Gasteiger partial charge in [-0.3, -0.25) is 4.79 Å². The zero-order valence-corrected chi connectivity index (χ0v) is 18.7. The van der Waals surface area contributed by atoms with Crippen LogP contribution in [0.4, 0.5) is 5.69 Å². The third kappa shape index (κ3) is 4.79. The molecule has 1 heterocycles. The van der Waals surface area contributed by atoms with Crippen molar-refractivity contribution in [1.29, 1.82) is 0 Å². The topological polar surface area (TPSA) is 63.5 Å². The third-order valence-corrected chi connectivity index (χ3v) is 5.69. The average molecular weight is 426 g/mol. The minimum Gasteiger partial charge on any atom is -0.328 e. The normalized spacial score (nSPS) is 11.8. The number of aryl methyl sites for hydroxylation is 2. The van der Waals surface area contributed by atoms with Gasteiger partial charge in [-0.15, -0.1) is 0 Å². The molecular weight excluding hydrogens is 396 g/mol. The van der Waals surface area contributed by atoms with Crippen molar-refractivity contribution in [2.24, 2.45) is 0 Å². The maximum atomic E-state index is 12.9. The van der Waals surface area contributed by atoms with Gasteiger partial charge in [-0.2, -0.15) is 5.10 Å². The minimum atomic E-state index is -0.0446. The molecule has 0 unspecified atom stereocenters. The van der Waals surface area contributed by atoms with Crippen molar-refractivity contribution in [3.8, 4) is 5.69 Å². The molecule has 1 aromatic heterocycles. The molecule has 4 rings (SSSR count). The van der Waals surface area contributed by atoms with E-state index in [1.807, 2.05) is 67.1 Å². The van der Waals surface area contributed by atoms with Crippen LogP contribution in [0, 0.1) is 20.8 Å². The van der Waals surface area contributed by atoms with Gasteiger partial charge < -0.3 is 10.6 Å². The van der Waals surface area contributed by atoms with Gasteiger partial charge in [-0.05, 0) is 32.9 Å². The maximum absolute atomic E-state index is 12.9. The first-order chi connectivity index (χ1) is 15.5. The van der Waals surface area contributed by atoms with E-state index >= 15 is 0 Å². The third-order valence-electron chi connectivity index (χ3n) is 5.69. The fourth-order valence-electron chi connectivity index (χ4n) is 3.96. The molecule has 5 heteroatoms. The van der Waals surface area contributed by atoms with Gasteiger partial charge in [-0.1, -0.05) is 78.4 Å². The number of aromatic nitrogens is 2. The molecule has 162 valence electrons. The van der Waals surface area contributed by atoms with Crippen molar-refractivity contribution >= 4 is 11.6 Å². The Labute approximate surface area is 189 Å². The number of benzene rings is 3. The first-order valence-electron chi connectivity index (χ1n) is 10.9. The molecule has 1 atom stereocenters. The summed E-state index contributed by atoms with van der Waals surface area (Å²) in [6.07, 6.45) is 0. The van der Waals surface area contributed by atoms with Crippen LogP contribution in [0.15, 0.2) is 84.9 Å². The number of nitrogens with one attached hydrogen (secondary N) is 1. The zero-order valence-electron chi connectivity index (χ0n) is 18.7. The molecule has 1 amide bonds. The number of hydrogen-bond donors (Lipinski definition) is 2. The highest BCUT2D eigenvalue weighted by Gasteiger charge is 2.20. The molecule has 0 aliphatic carbocycles. The Hall–Kier alpha value is -3.70. The molecule has 0 saturated heterocycles. The number of carbonyl (C=O) groups is 1. The van der Waals surface area contributed by atoms with Gasteiger partial charge in [-0.25, -0.2) is 4.68 Å². The van der Waals surface area contributed by atoms with Crippen LogP contribution in [0.3, 0.4) is 0 Å². The van der Waals surface area contributed by atoms with E-state index in [-0.39, 0.29) is 11.9 Å². The first-order valence-corrected chi connectivity index (χ1v) is 10.9. The molecule has 3 aromatic carbocycles. The monoisotopic (exact) mass is 425 g/mol. The molecule has 3 N–H and O–H groups in total. The van der Waals surface area contributed by atoms with E-state index in [1.54, 1.807) is 0 Å². The summed E-state index contributed by atoms with van der Waals surface area (Å²) in [5.74, 6) is -0.0446. The zero-order chi connectivity index (χ0) is 22.5. The highest BCUT2D eigenvalue weighted by Crippen LogP contribution is 2.23. The van der Waals surface area contributed by atoms with Crippen LogP contribution in [0.5, 0.6) is 0 Å². The molecule has 0 radical (unpaired) electrons. The molecule has 0 spiro atoms. The molecule has 32 heavy (non-hydrogen) atoms. The van der Waals surface area contributed by atoms with E-state index in [9.17, 15) is 4.79 Å². The number of nitrogens with zero attached hydrogens (tertiary/aromatic N) is 2. The lowest BCUT2D eigenvalue weighted by atomic mass is 9.98. The largest absolute Gasteiger partial charge is 0.328 e. The van der Waals surface area contributed by atoms with Gasteiger partial charge in [0.05, 0.1) is 22.8 Å². The molecule has 0 saturated carbocycles. The van der Waals surface area contributed by atoms with E-state index in [4.69, 9.17) is 0 Å². The van der Waals surface area contributed by atoms with Crippen LogP contribution in [-0.4, -0.2) is 22.2 Å². The molecule has 0 fully saturated rings. The van der Waals surface area contributed by atoms with Gasteiger partial charge >= 0.3 is 0 Å². The highest BCUT2D eigenvalue weighted by molar-refractivity contribution is 5.92. The Morgan fingerprint density at radius 3 is 2.12 bits per heavy atom. The Balaban J connectivity index is 1.50. The minimum absolute atomic E-state index is 0.0446. The van der Waals surface area contributed by atoms with Crippen LogP contribution in [0.2, 0.25) is 0 Å². The van der Waals surface area contributed by atoms with Gasteiger partial charge in [0.15, 0.2) is 6.54 Å². The summed E-state index contributed by atoms with van der Waals surface area (Å²) in [5.41, 5.74) is 7.05. The predicted octanol–water partition coefficient (Wildman–Crippen LogP) is 4.09. The second-order valence-electron chi connectivity index (χ2n) is 8.08. The second kappa shape index (κ2) is 9.62. The number of hydrogen-bond acceptors (Lipinski definition) is 2. The van der Waals surface area contributed by atoms with Crippen molar-refractivity contribution in [2.45, 2.75) is 26.8 Å². The summed E-state index contributed by atoms with van der Waals surface area (Å²) in [7, 11) is 0. The number of quaternary nitrogens is 1. The standard InChI is InChI=1S/C27H28N4O/c1-19-14-16-23(17-15-19)27(22-10-6-4-7-11-22)28-18-25(32)29-26-20(2)30-31(21(26)3)24-12-8-5-9-13-24/h4-17,27-28H,18H2,1-3H3,(H,29,32)/p+1/t27-/m0/s1. The van der Waals surface area contributed by atoms with Gasteiger partial charge in [0, 0.05) is 11.1 Å². The number of anilines is 1. The molecular formula is C27H29N4O+. The molecule has 0 aliphatic rings. The van der Waals surface area contributed by atoms with Crippen LogP contribution >= 0.6 is 0 Å². The fraction of sp³-hybridized carbons (Fsp3) is 0.185. The Bertz CT molecular complexity index is 1180. The molecule has 5 nitrogen and oxygen atoms in total. The van der Waals surface area contributed by atoms with Crippen molar-refractivity contribution in [1.82, 2.24) is 9.78 Å². The van der Waals surface area contributed by atoms with E-state index < -0.39 is 0 Å². The smallest absolute Gasteiger partial charge is 0.279 e. The van der Waals surface area contributed by atoms with Gasteiger partial charge in [0.1, 0.15) is 6.04 Å². The number of nitrogens with two attached hydrogens (primary N) is 1. The van der Waals surface area contributed by atoms with Gasteiger partial charge in [0.25, 0.3) is 5.91 Å². The molecule has 0 bridgehead atoms. The SMILES string of the molecule is Cc1ccc([C@@H]([NH2+]CC(=O)Nc2c(C)nn(-c3ccccc3)c2C)c2ccccc2)cc1. The van der Waals surface area contributed by atoms with Crippen molar-refractivity contribution in [2.75, 3.05) is 11.9 Å². The number of amides is 1. The second-order valence-corrected chi connectivity index (χ2v) is 8.08. The fourth-order valence-corrected chi connectivity index (χ4v) is 3.96. The summed E-state index contributed by atoms with van der Waals surface area (Å²) in [4.78, 5) is 12.9. The summed E-state index contributed by atoms with van der Waals surface area (Å²) in [6, 6.07) is 28.8. The van der Waals surface area contributed by atoms with Crippen LogP contribution in [0.1, 0.15) is 34.1 Å². The summed E-state index contributed by atoms with van der Waals surface area (Å²) < 4.78 is 1.87.